The molecule has 2 rings (SSSR count). The molecule has 0 aliphatic carbocycles. The highest BCUT2D eigenvalue weighted by molar-refractivity contribution is 7.09. The van der Waals surface area contributed by atoms with Crippen LogP contribution in [0.3, 0.4) is 0 Å². The molecule has 1 aromatic heterocycles. The number of rotatable bonds is 4. The number of nitrogens with one attached hydrogen (secondary N) is 1. The van der Waals surface area contributed by atoms with Gasteiger partial charge in [0.1, 0.15) is 5.69 Å². The fourth-order valence-corrected chi connectivity index (χ4v) is 2.22. The Morgan fingerprint density at radius 1 is 1.37 bits per heavy atom. The van der Waals surface area contributed by atoms with Gasteiger partial charge < -0.3 is 11.1 Å². The molecule has 1 aromatic carbocycles. The second-order valence-corrected chi connectivity index (χ2v) is 4.69. The zero-order valence-corrected chi connectivity index (χ0v) is 10.6. The smallest absolute Gasteiger partial charge is 0.275 e. The Balaban J connectivity index is 2.09. The first kappa shape index (κ1) is 13.6. The zero-order chi connectivity index (χ0) is 13.8. The maximum absolute atomic E-state index is 13.0. The summed E-state index contributed by atoms with van der Waals surface area (Å²) >= 11 is 1.33. The molecule has 0 atom stereocenters. The molecule has 0 fully saturated rings. The van der Waals surface area contributed by atoms with Gasteiger partial charge in [0.15, 0.2) is 11.6 Å². The van der Waals surface area contributed by atoms with Gasteiger partial charge in [-0.2, -0.15) is 0 Å². The zero-order valence-electron chi connectivity index (χ0n) is 9.82. The van der Waals surface area contributed by atoms with E-state index in [1.165, 1.54) is 17.4 Å². The van der Waals surface area contributed by atoms with Crippen LogP contribution in [0.2, 0.25) is 0 Å². The molecule has 0 unspecified atom stereocenters. The van der Waals surface area contributed by atoms with Crippen LogP contribution in [0.25, 0.3) is 0 Å². The van der Waals surface area contributed by atoms with Gasteiger partial charge in [-0.3, -0.25) is 4.79 Å². The maximum atomic E-state index is 13.0. The van der Waals surface area contributed by atoms with E-state index in [9.17, 15) is 13.6 Å². The monoisotopic (exact) mass is 283 g/mol. The molecule has 2 aromatic rings. The van der Waals surface area contributed by atoms with Crippen molar-refractivity contribution in [2.24, 2.45) is 5.73 Å². The molecule has 0 radical (unpaired) electrons. The molecule has 7 heteroatoms. The number of thiazole rings is 1. The van der Waals surface area contributed by atoms with Crippen molar-refractivity contribution < 1.29 is 13.6 Å². The molecule has 0 aliphatic heterocycles. The fraction of sp³-hybridized carbons (Fsp3) is 0.167. The van der Waals surface area contributed by atoms with Crippen LogP contribution in [-0.4, -0.2) is 17.4 Å². The number of hydrogen-bond donors (Lipinski definition) is 2. The summed E-state index contributed by atoms with van der Waals surface area (Å²) in [6.07, 6.45) is 0.600. The van der Waals surface area contributed by atoms with E-state index in [0.29, 0.717) is 13.0 Å². The lowest BCUT2D eigenvalue weighted by molar-refractivity contribution is 0.102. The van der Waals surface area contributed by atoms with E-state index < -0.39 is 17.5 Å². The molecule has 0 saturated heterocycles. The SMILES string of the molecule is NCCc1nc(C(=O)Nc2ccc(F)c(F)c2)cs1. The standard InChI is InChI=1S/C12H11F2N3OS/c13-8-2-1-7(5-9(8)14)16-12(18)10-6-19-11(17-10)3-4-15/h1-2,5-6H,3-4,15H2,(H,16,18). The quantitative estimate of drug-likeness (QED) is 0.903. The van der Waals surface area contributed by atoms with Crippen LogP contribution in [0.1, 0.15) is 15.5 Å². The predicted octanol–water partition coefficient (Wildman–Crippen LogP) is 2.17. The molecule has 100 valence electrons. The van der Waals surface area contributed by atoms with Crippen LogP contribution >= 0.6 is 11.3 Å². The summed E-state index contributed by atoms with van der Waals surface area (Å²) in [6, 6.07) is 3.15. The summed E-state index contributed by atoms with van der Waals surface area (Å²) < 4.78 is 25.7. The Labute approximate surface area is 112 Å². The highest BCUT2D eigenvalue weighted by Gasteiger charge is 2.12. The normalized spacial score (nSPS) is 10.5. The molecule has 0 spiro atoms. The van der Waals surface area contributed by atoms with E-state index in [1.807, 2.05) is 0 Å². The van der Waals surface area contributed by atoms with E-state index in [2.05, 4.69) is 10.3 Å². The van der Waals surface area contributed by atoms with Crippen LogP contribution in [0.4, 0.5) is 14.5 Å². The Kier molecular flexibility index (Phi) is 4.18. The first-order chi connectivity index (χ1) is 9.10. The highest BCUT2D eigenvalue weighted by atomic mass is 32.1. The number of benzene rings is 1. The van der Waals surface area contributed by atoms with E-state index in [-0.39, 0.29) is 11.4 Å². The molecule has 19 heavy (non-hydrogen) atoms. The molecule has 1 amide bonds. The first-order valence-electron chi connectivity index (χ1n) is 5.51. The van der Waals surface area contributed by atoms with Crippen molar-refractivity contribution in [2.75, 3.05) is 11.9 Å². The average molecular weight is 283 g/mol. The van der Waals surface area contributed by atoms with Crippen LogP contribution < -0.4 is 11.1 Å². The molecule has 0 saturated carbocycles. The minimum Gasteiger partial charge on any atom is -0.330 e. The van der Waals surface area contributed by atoms with Crippen LogP contribution in [0, 0.1) is 11.6 Å². The van der Waals surface area contributed by atoms with Crippen molar-refractivity contribution in [1.29, 1.82) is 0 Å². The van der Waals surface area contributed by atoms with Crippen LogP contribution in [0.15, 0.2) is 23.6 Å². The number of anilines is 1. The number of carbonyl (C=O) groups excluding carboxylic acids is 1. The van der Waals surface area contributed by atoms with E-state index in [1.54, 1.807) is 5.38 Å². The third-order valence-corrected chi connectivity index (χ3v) is 3.23. The number of aromatic nitrogens is 1. The second kappa shape index (κ2) is 5.85. The van der Waals surface area contributed by atoms with E-state index >= 15 is 0 Å². The summed E-state index contributed by atoms with van der Waals surface area (Å²) in [4.78, 5) is 15.9. The Morgan fingerprint density at radius 3 is 2.84 bits per heavy atom. The number of halogens is 2. The summed E-state index contributed by atoms with van der Waals surface area (Å²) in [6.45, 7) is 0.456. The van der Waals surface area contributed by atoms with E-state index in [0.717, 1.165) is 17.1 Å². The molecule has 4 nitrogen and oxygen atoms in total. The van der Waals surface area contributed by atoms with Crippen molar-refractivity contribution >= 4 is 22.9 Å². The second-order valence-electron chi connectivity index (χ2n) is 3.75. The number of nitrogens with zero attached hydrogens (tertiary/aromatic N) is 1. The van der Waals surface area contributed by atoms with Gasteiger partial charge in [-0.05, 0) is 18.7 Å². The lowest BCUT2D eigenvalue weighted by atomic mass is 10.3. The molecule has 1 heterocycles. The minimum atomic E-state index is -1.01. The number of amides is 1. The van der Waals surface area contributed by atoms with Gasteiger partial charge in [0.05, 0.1) is 5.01 Å². The van der Waals surface area contributed by atoms with Crippen molar-refractivity contribution in [3.05, 3.63) is 45.9 Å². The van der Waals surface area contributed by atoms with Gasteiger partial charge in [0.2, 0.25) is 0 Å². The predicted molar refractivity (Wildman–Crippen MR) is 69.2 cm³/mol. The maximum Gasteiger partial charge on any atom is 0.275 e. The molecular weight excluding hydrogens is 272 g/mol. The van der Waals surface area contributed by atoms with Crippen molar-refractivity contribution in [2.45, 2.75) is 6.42 Å². The highest BCUT2D eigenvalue weighted by Crippen LogP contribution is 2.15. The molecular formula is C12H11F2N3OS. The third-order valence-electron chi connectivity index (χ3n) is 2.32. The van der Waals surface area contributed by atoms with E-state index in [4.69, 9.17) is 5.73 Å². The van der Waals surface area contributed by atoms with Crippen LogP contribution in [-0.2, 0) is 6.42 Å². The van der Waals surface area contributed by atoms with Gasteiger partial charge in [-0.15, -0.1) is 11.3 Å². The lowest BCUT2D eigenvalue weighted by Gasteiger charge is -2.03. The number of hydrogen-bond acceptors (Lipinski definition) is 4. The van der Waals surface area contributed by atoms with Gasteiger partial charge in [-0.1, -0.05) is 0 Å². The first-order valence-corrected chi connectivity index (χ1v) is 6.39. The Hall–Kier alpha value is -1.86. The summed E-state index contributed by atoms with van der Waals surface area (Å²) in [5, 5.41) is 4.81. The third kappa shape index (κ3) is 3.33. The van der Waals surface area contributed by atoms with Crippen molar-refractivity contribution in [3.63, 3.8) is 0 Å². The molecule has 0 aliphatic rings. The Morgan fingerprint density at radius 2 is 2.16 bits per heavy atom. The Bertz CT molecular complexity index is 600. The van der Waals surface area contributed by atoms with Gasteiger partial charge in [-0.25, -0.2) is 13.8 Å². The van der Waals surface area contributed by atoms with Crippen molar-refractivity contribution in [1.82, 2.24) is 4.98 Å². The van der Waals surface area contributed by atoms with Crippen molar-refractivity contribution in [3.8, 4) is 0 Å². The summed E-state index contributed by atoms with van der Waals surface area (Å²) in [5.74, 6) is -2.44. The summed E-state index contributed by atoms with van der Waals surface area (Å²) in [5.41, 5.74) is 5.80. The molecule has 3 N–H and O–H groups in total. The molecule has 0 bridgehead atoms. The lowest BCUT2D eigenvalue weighted by Crippen LogP contribution is -2.13. The largest absolute Gasteiger partial charge is 0.330 e. The van der Waals surface area contributed by atoms with Crippen LogP contribution in [0.5, 0.6) is 0 Å². The number of carbonyl (C=O) groups is 1. The average Bonchev–Trinajstić information content (AvgIpc) is 2.83. The number of nitrogens with two attached hydrogens (primary N) is 1. The topological polar surface area (TPSA) is 68.0 Å². The summed E-state index contributed by atoms with van der Waals surface area (Å²) in [7, 11) is 0. The minimum absolute atomic E-state index is 0.178. The van der Waals surface area contributed by atoms with Gasteiger partial charge in [0.25, 0.3) is 5.91 Å². The van der Waals surface area contributed by atoms with Gasteiger partial charge in [0, 0.05) is 23.6 Å². The fourth-order valence-electron chi connectivity index (χ4n) is 1.42. The van der Waals surface area contributed by atoms with Gasteiger partial charge >= 0.3 is 0 Å².